The Morgan fingerprint density at radius 1 is 1.17 bits per heavy atom. The third-order valence-corrected chi connectivity index (χ3v) is 6.59. The van der Waals surface area contributed by atoms with Crippen LogP contribution in [0.15, 0.2) is 54.7 Å². The van der Waals surface area contributed by atoms with Crippen molar-refractivity contribution < 1.29 is 4.79 Å². The monoisotopic (exact) mass is 419 g/mol. The molecule has 0 spiro atoms. The van der Waals surface area contributed by atoms with Crippen molar-refractivity contribution in [2.45, 2.75) is 38.6 Å². The molecule has 1 atom stereocenters. The number of halogens is 1. The predicted octanol–water partition coefficient (Wildman–Crippen LogP) is 5.60. The second-order valence-corrected chi connectivity index (χ2v) is 8.64. The Morgan fingerprint density at radius 3 is 2.60 bits per heavy atom. The zero-order valence-corrected chi connectivity index (χ0v) is 18.0. The van der Waals surface area contributed by atoms with Crippen LogP contribution in [0.25, 0.3) is 10.9 Å². The number of carbonyl (C=O) groups is 1. The van der Waals surface area contributed by atoms with Gasteiger partial charge in [-0.2, -0.15) is 5.26 Å². The molecular weight excluding hydrogens is 394 g/mol. The largest absolute Gasteiger partial charge is 0.341 e. The van der Waals surface area contributed by atoms with E-state index in [4.69, 9.17) is 11.6 Å². The quantitative estimate of drug-likeness (QED) is 0.540. The van der Waals surface area contributed by atoms with Crippen LogP contribution in [0.5, 0.6) is 0 Å². The molecular formula is C25H26ClN3O. The van der Waals surface area contributed by atoms with Crippen LogP contribution in [0.3, 0.4) is 0 Å². The second kappa shape index (κ2) is 8.93. The summed E-state index contributed by atoms with van der Waals surface area (Å²) in [6.45, 7) is 3.84. The average Bonchev–Trinajstić information content (AvgIpc) is 3.14. The Balaban J connectivity index is 1.69. The van der Waals surface area contributed by atoms with Crippen LogP contribution in [0.1, 0.15) is 43.4 Å². The van der Waals surface area contributed by atoms with Crippen LogP contribution in [0.4, 0.5) is 0 Å². The summed E-state index contributed by atoms with van der Waals surface area (Å²) in [6.07, 6.45) is 5.26. The predicted molar refractivity (Wildman–Crippen MR) is 120 cm³/mol. The highest BCUT2D eigenvalue weighted by Gasteiger charge is 2.29. The minimum Gasteiger partial charge on any atom is -0.341 e. The molecule has 0 saturated carbocycles. The highest BCUT2D eigenvalue weighted by Crippen LogP contribution is 2.30. The van der Waals surface area contributed by atoms with Gasteiger partial charge in [0.2, 0.25) is 5.91 Å². The minimum absolute atomic E-state index is 0.138. The SMILES string of the molecule is CC1CCN(C(=O)C(CCc2ccccc2Cl)n2cc(C#N)c3ccccc32)CC1. The number of fused-ring (bicyclic) bond motifs is 1. The van der Waals surface area contributed by atoms with Gasteiger partial charge < -0.3 is 9.47 Å². The molecule has 1 aliphatic rings. The van der Waals surface area contributed by atoms with Gasteiger partial charge in [0, 0.05) is 29.7 Å². The topological polar surface area (TPSA) is 49.0 Å². The first-order valence-electron chi connectivity index (χ1n) is 10.6. The maximum atomic E-state index is 13.6. The molecule has 3 aromatic rings. The van der Waals surface area contributed by atoms with Gasteiger partial charge in [0.25, 0.3) is 0 Å². The fourth-order valence-electron chi connectivity index (χ4n) is 4.37. The molecule has 1 unspecified atom stereocenters. The van der Waals surface area contributed by atoms with Crippen molar-refractivity contribution >= 4 is 28.4 Å². The normalized spacial score (nSPS) is 15.8. The smallest absolute Gasteiger partial charge is 0.245 e. The first-order chi connectivity index (χ1) is 14.6. The molecule has 0 N–H and O–H groups in total. The van der Waals surface area contributed by atoms with Gasteiger partial charge in [0.05, 0.1) is 11.1 Å². The van der Waals surface area contributed by atoms with Gasteiger partial charge in [-0.05, 0) is 49.3 Å². The number of benzene rings is 2. The molecule has 1 aromatic heterocycles. The summed E-state index contributed by atoms with van der Waals surface area (Å²) in [5.74, 6) is 0.799. The molecule has 2 heterocycles. The lowest BCUT2D eigenvalue weighted by atomic mass is 9.97. The lowest BCUT2D eigenvalue weighted by Crippen LogP contribution is -2.42. The number of hydrogen-bond donors (Lipinski definition) is 0. The molecule has 1 saturated heterocycles. The molecule has 0 aliphatic carbocycles. The van der Waals surface area contributed by atoms with Gasteiger partial charge in [-0.3, -0.25) is 4.79 Å². The molecule has 1 amide bonds. The van der Waals surface area contributed by atoms with Crippen molar-refractivity contribution in [2.75, 3.05) is 13.1 Å². The number of amides is 1. The fourth-order valence-corrected chi connectivity index (χ4v) is 4.60. The number of para-hydroxylation sites is 1. The van der Waals surface area contributed by atoms with Crippen molar-refractivity contribution in [3.8, 4) is 6.07 Å². The lowest BCUT2D eigenvalue weighted by molar-refractivity contribution is -0.136. The number of piperidine rings is 1. The Hall–Kier alpha value is -2.77. The lowest BCUT2D eigenvalue weighted by Gasteiger charge is -2.33. The summed E-state index contributed by atoms with van der Waals surface area (Å²) in [6, 6.07) is 17.5. The summed E-state index contributed by atoms with van der Waals surface area (Å²) in [7, 11) is 0. The number of likely N-dealkylation sites (tertiary alicyclic amines) is 1. The number of rotatable bonds is 5. The highest BCUT2D eigenvalue weighted by molar-refractivity contribution is 6.31. The number of aromatic nitrogens is 1. The molecule has 5 heteroatoms. The molecule has 1 fully saturated rings. The number of aryl methyl sites for hydroxylation is 1. The molecule has 154 valence electrons. The van der Waals surface area contributed by atoms with E-state index < -0.39 is 0 Å². The average molecular weight is 420 g/mol. The van der Waals surface area contributed by atoms with Gasteiger partial charge in [0.1, 0.15) is 12.1 Å². The Labute approximate surface area is 182 Å². The van der Waals surface area contributed by atoms with Crippen molar-refractivity contribution in [2.24, 2.45) is 5.92 Å². The van der Waals surface area contributed by atoms with E-state index in [1.165, 1.54) is 0 Å². The fraction of sp³-hybridized carbons (Fsp3) is 0.360. The number of hydrogen-bond acceptors (Lipinski definition) is 2. The summed E-state index contributed by atoms with van der Waals surface area (Å²) in [5, 5.41) is 11.2. The van der Waals surface area contributed by atoms with Crippen molar-refractivity contribution in [3.05, 3.63) is 70.9 Å². The Morgan fingerprint density at radius 2 is 1.87 bits per heavy atom. The first kappa shape index (κ1) is 20.5. The number of nitrogens with zero attached hydrogens (tertiary/aromatic N) is 3. The van der Waals surface area contributed by atoms with Crippen LogP contribution in [0, 0.1) is 17.2 Å². The zero-order valence-electron chi connectivity index (χ0n) is 17.2. The molecule has 4 nitrogen and oxygen atoms in total. The molecule has 0 bridgehead atoms. The standard InChI is InChI=1S/C25H26ClN3O/c1-18-12-14-28(15-13-18)25(30)24(11-10-19-6-2-4-8-22(19)26)29-17-20(16-27)21-7-3-5-9-23(21)29/h2-9,17-18,24H,10-15H2,1H3. The van der Waals surface area contributed by atoms with Crippen LogP contribution in [-0.2, 0) is 11.2 Å². The molecule has 1 aliphatic heterocycles. The van der Waals surface area contributed by atoms with E-state index >= 15 is 0 Å². The maximum Gasteiger partial charge on any atom is 0.245 e. The molecule has 30 heavy (non-hydrogen) atoms. The molecule has 4 rings (SSSR count). The van der Waals surface area contributed by atoms with Crippen LogP contribution in [0.2, 0.25) is 5.02 Å². The van der Waals surface area contributed by atoms with Crippen LogP contribution in [-0.4, -0.2) is 28.5 Å². The van der Waals surface area contributed by atoms with Crippen LogP contribution < -0.4 is 0 Å². The van der Waals surface area contributed by atoms with E-state index in [1.807, 2.05) is 64.2 Å². The van der Waals surface area contributed by atoms with E-state index in [0.29, 0.717) is 24.3 Å². The summed E-state index contributed by atoms with van der Waals surface area (Å²) < 4.78 is 2.01. The van der Waals surface area contributed by atoms with Gasteiger partial charge in [0.15, 0.2) is 0 Å². The summed E-state index contributed by atoms with van der Waals surface area (Å²) in [4.78, 5) is 15.6. The van der Waals surface area contributed by atoms with Gasteiger partial charge in [-0.25, -0.2) is 0 Å². The van der Waals surface area contributed by atoms with Crippen molar-refractivity contribution in [1.82, 2.24) is 9.47 Å². The highest BCUT2D eigenvalue weighted by atomic mass is 35.5. The Bertz CT molecular complexity index is 1090. The zero-order chi connectivity index (χ0) is 21.1. The third kappa shape index (κ3) is 4.08. The van der Waals surface area contributed by atoms with Crippen molar-refractivity contribution in [3.63, 3.8) is 0 Å². The van der Waals surface area contributed by atoms with Gasteiger partial charge in [-0.15, -0.1) is 0 Å². The summed E-state index contributed by atoms with van der Waals surface area (Å²) in [5.41, 5.74) is 2.58. The first-order valence-corrected chi connectivity index (χ1v) is 11.0. The van der Waals surface area contributed by atoms with E-state index in [0.717, 1.165) is 47.4 Å². The molecule has 0 radical (unpaired) electrons. The van der Waals surface area contributed by atoms with Gasteiger partial charge >= 0.3 is 0 Å². The maximum absolute atomic E-state index is 13.6. The van der Waals surface area contributed by atoms with Crippen molar-refractivity contribution in [1.29, 1.82) is 5.26 Å². The van der Waals surface area contributed by atoms with Crippen LogP contribution >= 0.6 is 11.6 Å². The molecule has 2 aromatic carbocycles. The minimum atomic E-state index is -0.360. The summed E-state index contributed by atoms with van der Waals surface area (Å²) >= 11 is 6.37. The van der Waals surface area contributed by atoms with Gasteiger partial charge in [-0.1, -0.05) is 54.9 Å². The Kier molecular flexibility index (Phi) is 6.11. The third-order valence-electron chi connectivity index (χ3n) is 6.22. The van der Waals surface area contributed by atoms with E-state index in [9.17, 15) is 10.1 Å². The van der Waals surface area contributed by atoms with E-state index in [-0.39, 0.29) is 11.9 Å². The number of nitriles is 1. The van der Waals surface area contributed by atoms with E-state index in [2.05, 4.69) is 13.0 Å². The second-order valence-electron chi connectivity index (χ2n) is 8.23. The van der Waals surface area contributed by atoms with E-state index in [1.54, 1.807) is 0 Å². The number of carbonyl (C=O) groups excluding carboxylic acids is 1.